The van der Waals surface area contributed by atoms with Crippen LogP contribution in [0.1, 0.15) is 41.4 Å². The maximum Gasteiger partial charge on any atom is 0.416 e. The molecule has 2 fully saturated rings. The fourth-order valence-corrected chi connectivity index (χ4v) is 5.87. The smallest absolute Gasteiger partial charge is 0.416 e. The predicted molar refractivity (Wildman–Crippen MR) is 121 cm³/mol. The van der Waals surface area contributed by atoms with Gasteiger partial charge in [0.05, 0.1) is 17.0 Å². The van der Waals surface area contributed by atoms with Crippen LogP contribution in [0.2, 0.25) is 0 Å². The first kappa shape index (κ1) is 23.4. The Morgan fingerprint density at radius 3 is 2.71 bits per heavy atom. The average Bonchev–Trinajstić information content (AvgIpc) is 3.06. The van der Waals surface area contributed by atoms with Crippen molar-refractivity contribution >= 4 is 11.8 Å². The molecule has 1 aliphatic carbocycles. The molecular weight excluding hydrogens is 467 g/mol. The van der Waals surface area contributed by atoms with E-state index < -0.39 is 17.2 Å². The van der Waals surface area contributed by atoms with Crippen LogP contribution in [-0.2, 0) is 19.0 Å². The number of rotatable bonds is 7. The Morgan fingerprint density at radius 2 is 2.03 bits per heavy atom. The topological polar surface area (TPSA) is 80.2 Å². The van der Waals surface area contributed by atoms with Gasteiger partial charge < -0.3 is 14.1 Å². The maximum atomic E-state index is 12.8. The standard InChI is InChI=1S/C23H26F3N5O2S/c1-14-20(33-13-27-14)21-29-28-18(30(21)2)11-34-19(32)10-31-8-7-22(12-31)9-17(22)15-3-5-16(6-4-15)23(24,25)26/h3-6,13,17,19,32H,7-12H2,1-2H3. The number of aliphatic hydroxyl groups excluding tert-OH is 1. The summed E-state index contributed by atoms with van der Waals surface area (Å²) in [6.45, 7) is 4.12. The number of thioether (sulfide) groups is 1. The molecule has 182 valence electrons. The van der Waals surface area contributed by atoms with Crippen LogP contribution in [0.3, 0.4) is 0 Å². The van der Waals surface area contributed by atoms with Crippen molar-refractivity contribution in [1.82, 2.24) is 24.6 Å². The second kappa shape index (κ2) is 8.69. The number of likely N-dealkylation sites (tertiary alicyclic amines) is 1. The van der Waals surface area contributed by atoms with Crippen LogP contribution in [0, 0.1) is 12.3 Å². The normalized spacial score (nSPS) is 23.6. The van der Waals surface area contributed by atoms with Crippen molar-refractivity contribution in [3.63, 3.8) is 0 Å². The largest absolute Gasteiger partial charge is 0.440 e. The molecule has 0 radical (unpaired) electrons. The molecule has 5 rings (SSSR count). The first-order chi connectivity index (χ1) is 16.2. The number of hydrogen-bond acceptors (Lipinski definition) is 7. The van der Waals surface area contributed by atoms with Gasteiger partial charge in [-0.2, -0.15) is 13.2 Å². The number of nitrogens with zero attached hydrogens (tertiary/aromatic N) is 5. The molecule has 3 aromatic rings. The Bertz CT molecular complexity index is 1160. The van der Waals surface area contributed by atoms with Crippen LogP contribution in [-0.4, -0.2) is 54.8 Å². The van der Waals surface area contributed by atoms with E-state index in [-0.39, 0.29) is 5.41 Å². The number of halogens is 3. The third kappa shape index (κ3) is 4.48. The minimum atomic E-state index is -4.31. The van der Waals surface area contributed by atoms with Crippen molar-refractivity contribution in [2.75, 3.05) is 19.6 Å². The van der Waals surface area contributed by atoms with Crippen molar-refractivity contribution in [2.24, 2.45) is 12.5 Å². The third-order valence-electron chi connectivity index (χ3n) is 7.03. The SMILES string of the molecule is Cc1ncoc1-c1nnc(CSC(O)CN2CCC3(CC3c3ccc(C(F)(F)F)cc3)C2)n1C. The van der Waals surface area contributed by atoms with E-state index in [1.165, 1.54) is 30.3 Å². The highest BCUT2D eigenvalue weighted by Gasteiger charge is 2.57. The summed E-state index contributed by atoms with van der Waals surface area (Å²) in [5, 5.41) is 19.0. The summed E-state index contributed by atoms with van der Waals surface area (Å²) in [7, 11) is 1.86. The molecule has 0 amide bonds. The molecule has 2 aromatic heterocycles. The van der Waals surface area contributed by atoms with Gasteiger partial charge in [0.2, 0.25) is 5.82 Å². The summed E-state index contributed by atoms with van der Waals surface area (Å²) >= 11 is 1.40. The van der Waals surface area contributed by atoms with E-state index >= 15 is 0 Å². The summed E-state index contributed by atoms with van der Waals surface area (Å²) in [6, 6.07) is 5.59. The van der Waals surface area contributed by atoms with Gasteiger partial charge in [-0.15, -0.1) is 22.0 Å². The Labute approximate surface area is 199 Å². The quantitative estimate of drug-likeness (QED) is 0.494. The highest BCUT2D eigenvalue weighted by atomic mass is 32.2. The Morgan fingerprint density at radius 1 is 1.26 bits per heavy atom. The maximum absolute atomic E-state index is 12.8. The summed E-state index contributed by atoms with van der Waals surface area (Å²) in [6.07, 6.45) is -0.943. The summed E-state index contributed by atoms with van der Waals surface area (Å²) < 4.78 is 45.7. The summed E-state index contributed by atoms with van der Waals surface area (Å²) in [5.41, 5.74) is 0.658. The van der Waals surface area contributed by atoms with Gasteiger partial charge in [-0.25, -0.2) is 4.98 Å². The van der Waals surface area contributed by atoms with E-state index in [0.717, 1.165) is 43.0 Å². The van der Waals surface area contributed by atoms with Crippen LogP contribution in [0.15, 0.2) is 35.1 Å². The Balaban J connectivity index is 1.12. The molecule has 1 aromatic carbocycles. The molecule has 2 aliphatic rings. The van der Waals surface area contributed by atoms with Crippen molar-refractivity contribution in [3.8, 4) is 11.6 Å². The highest BCUT2D eigenvalue weighted by molar-refractivity contribution is 7.98. The number of alkyl halides is 3. The van der Waals surface area contributed by atoms with Crippen molar-refractivity contribution in [1.29, 1.82) is 0 Å². The molecular formula is C23H26F3N5O2S. The van der Waals surface area contributed by atoms with Gasteiger partial charge in [0.25, 0.3) is 0 Å². The van der Waals surface area contributed by atoms with E-state index in [1.807, 2.05) is 18.5 Å². The number of aryl methyl sites for hydroxylation is 1. The fourth-order valence-electron chi connectivity index (χ4n) is 4.96. The molecule has 1 spiro atoms. The molecule has 1 saturated heterocycles. The van der Waals surface area contributed by atoms with Gasteiger partial charge in [0.1, 0.15) is 11.3 Å². The van der Waals surface area contributed by atoms with Crippen LogP contribution in [0.4, 0.5) is 13.2 Å². The van der Waals surface area contributed by atoms with Crippen molar-refractivity contribution in [3.05, 3.63) is 53.3 Å². The molecule has 7 nitrogen and oxygen atoms in total. The fraction of sp³-hybridized carbons (Fsp3) is 0.522. The minimum absolute atomic E-state index is 0.123. The van der Waals surface area contributed by atoms with Crippen LogP contribution in [0.25, 0.3) is 11.6 Å². The second-order valence-corrected chi connectivity index (χ2v) is 10.4. The van der Waals surface area contributed by atoms with E-state index in [1.54, 1.807) is 12.1 Å². The molecule has 1 aliphatic heterocycles. The molecule has 1 N–H and O–H groups in total. The van der Waals surface area contributed by atoms with Crippen LogP contribution >= 0.6 is 11.8 Å². The van der Waals surface area contributed by atoms with Gasteiger partial charge in [-0.1, -0.05) is 12.1 Å². The molecule has 1 saturated carbocycles. The number of β-amino-alcohol motifs (C(OH)–C–C–N with tert-alkyl or cyclic N) is 1. The molecule has 3 unspecified atom stereocenters. The predicted octanol–water partition coefficient (Wildman–Crippen LogP) is 4.23. The van der Waals surface area contributed by atoms with Gasteiger partial charge in [0.15, 0.2) is 12.2 Å². The number of benzene rings is 1. The highest BCUT2D eigenvalue weighted by Crippen LogP contribution is 2.64. The monoisotopic (exact) mass is 493 g/mol. The lowest BCUT2D eigenvalue weighted by Crippen LogP contribution is -2.29. The number of aliphatic hydroxyl groups is 1. The lowest BCUT2D eigenvalue weighted by Gasteiger charge is -2.20. The van der Waals surface area contributed by atoms with Crippen molar-refractivity contribution in [2.45, 2.75) is 43.0 Å². The number of aromatic nitrogens is 4. The zero-order chi connectivity index (χ0) is 24.1. The molecule has 34 heavy (non-hydrogen) atoms. The summed E-state index contributed by atoms with van der Waals surface area (Å²) in [4.78, 5) is 6.34. The third-order valence-corrected chi connectivity index (χ3v) is 7.99. The molecule has 0 bridgehead atoms. The first-order valence-corrected chi connectivity index (χ1v) is 12.2. The van der Waals surface area contributed by atoms with Gasteiger partial charge in [0, 0.05) is 20.1 Å². The molecule has 3 atom stereocenters. The first-order valence-electron chi connectivity index (χ1n) is 11.1. The van der Waals surface area contributed by atoms with E-state index in [2.05, 4.69) is 20.1 Å². The van der Waals surface area contributed by atoms with Gasteiger partial charge in [-0.3, -0.25) is 4.90 Å². The van der Waals surface area contributed by atoms with E-state index in [4.69, 9.17) is 4.42 Å². The molecule has 11 heteroatoms. The Hall–Kier alpha value is -2.37. The van der Waals surface area contributed by atoms with E-state index in [9.17, 15) is 18.3 Å². The molecule has 3 heterocycles. The van der Waals surface area contributed by atoms with Gasteiger partial charge >= 0.3 is 6.18 Å². The second-order valence-electron chi connectivity index (χ2n) is 9.26. The lowest BCUT2D eigenvalue weighted by molar-refractivity contribution is -0.137. The number of oxazole rings is 1. The zero-order valence-corrected chi connectivity index (χ0v) is 19.7. The van der Waals surface area contributed by atoms with E-state index in [0.29, 0.717) is 29.8 Å². The average molecular weight is 494 g/mol. The lowest BCUT2D eigenvalue weighted by atomic mass is 9.97. The summed E-state index contributed by atoms with van der Waals surface area (Å²) in [5.74, 6) is 2.72. The number of hydrogen-bond donors (Lipinski definition) is 1. The van der Waals surface area contributed by atoms with Gasteiger partial charge in [-0.05, 0) is 55.3 Å². The minimum Gasteiger partial charge on any atom is -0.440 e. The van der Waals surface area contributed by atoms with Crippen LogP contribution in [0.5, 0.6) is 0 Å². The van der Waals surface area contributed by atoms with Crippen LogP contribution < -0.4 is 0 Å². The van der Waals surface area contributed by atoms with Crippen molar-refractivity contribution < 1.29 is 22.7 Å². The zero-order valence-electron chi connectivity index (χ0n) is 18.9. The Kier molecular flexibility index (Phi) is 5.97.